The fourth-order valence-corrected chi connectivity index (χ4v) is 4.23. The first kappa shape index (κ1) is 23.8. The van der Waals surface area contributed by atoms with Crippen molar-refractivity contribution in [3.8, 4) is 0 Å². The van der Waals surface area contributed by atoms with Crippen molar-refractivity contribution in [1.82, 2.24) is 15.6 Å². The second-order valence-corrected chi connectivity index (χ2v) is 8.54. The maximum Gasteiger partial charge on any atom is 0.391 e. The topological polar surface area (TPSA) is 86.4 Å². The SMILES string of the molecule is O=C1CC(C(=O)NCc2ccc(Nc3c(N4CCC(C(F)(F)F)CC4)ccnc3F)cc2)CN1. The molecule has 1 unspecified atom stereocenters. The van der Waals surface area contributed by atoms with E-state index in [1.807, 2.05) is 0 Å². The second kappa shape index (κ2) is 9.86. The Labute approximate surface area is 193 Å². The van der Waals surface area contributed by atoms with Gasteiger partial charge in [0.25, 0.3) is 0 Å². The summed E-state index contributed by atoms with van der Waals surface area (Å²) in [6.07, 6.45) is -2.83. The molecular formula is C23H25F4N5O2. The van der Waals surface area contributed by atoms with Crippen LogP contribution in [-0.4, -0.2) is 42.6 Å². The van der Waals surface area contributed by atoms with Gasteiger partial charge in [-0.15, -0.1) is 0 Å². The number of amides is 2. The Hall–Kier alpha value is -3.37. The number of nitrogens with one attached hydrogen (secondary N) is 3. The Morgan fingerprint density at radius 1 is 1.15 bits per heavy atom. The van der Waals surface area contributed by atoms with Gasteiger partial charge in [0.2, 0.25) is 17.8 Å². The first-order chi connectivity index (χ1) is 16.2. The van der Waals surface area contributed by atoms with Gasteiger partial charge in [0, 0.05) is 44.5 Å². The Morgan fingerprint density at radius 2 is 1.85 bits per heavy atom. The number of carbonyl (C=O) groups excluding carboxylic acids is 2. The summed E-state index contributed by atoms with van der Waals surface area (Å²) in [6.45, 7) is 0.955. The Kier molecular flexibility index (Phi) is 6.90. The molecule has 2 fully saturated rings. The zero-order valence-corrected chi connectivity index (χ0v) is 18.3. The third-order valence-corrected chi connectivity index (χ3v) is 6.22. The van der Waals surface area contributed by atoms with Crippen LogP contribution in [-0.2, 0) is 16.1 Å². The van der Waals surface area contributed by atoms with Crippen molar-refractivity contribution < 1.29 is 27.2 Å². The lowest BCUT2D eigenvalue weighted by Crippen LogP contribution is -2.39. The summed E-state index contributed by atoms with van der Waals surface area (Å²) in [4.78, 5) is 28.8. The van der Waals surface area contributed by atoms with E-state index in [-0.39, 0.29) is 62.3 Å². The van der Waals surface area contributed by atoms with Gasteiger partial charge in [-0.1, -0.05) is 12.1 Å². The number of piperidine rings is 1. The van der Waals surface area contributed by atoms with E-state index in [1.165, 1.54) is 6.20 Å². The lowest BCUT2D eigenvalue weighted by molar-refractivity contribution is -0.179. The van der Waals surface area contributed by atoms with Gasteiger partial charge in [-0.3, -0.25) is 9.59 Å². The van der Waals surface area contributed by atoms with Crippen LogP contribution in [0.25, 0.3) is 0 Å². The van der Waals surface area contributed by atoms with Gasteiger partial charge in [-0.2, -0.15) is 17.6 Å². The summed E-state index contributed by atoms with van der Waals surface area (Å²) in [5, 5.41) is 8.41. The molecule has 2 aromatic rings. The molecule has 2 aliphatic rings. The molecule has 0 saturated carbocycles. The molecule has 34 heavy (non-hydrogen) atoms. The molecule has 11 heteroatoms. The largest absolute Gasteiger partial charge is 0.391 e. The van der Waals surface area contributed by atoms with Crippen LogP contribution in [0.5, 0.6) is 0 Å². The number of benzene rings is 1. The van der Waals surface area contributed by atoms with Crippen molar-refractivity contribution in [3.05, 3.63) is 48.0 Å². The van der Waals surface area contributed by atoms with Crippen LogP contribution in [0.1, 0.15) is 24.8 Å². The average molecular weight is 479 g/mol. The standard InChI is InChI=1S/C23H25F4N5O2/c24-21-20(18(5-8-28-21)32-9-6-16(7-10-32)23(25,26)27)31-17-3-1-14(2-4-17)12-30-22(34)15-11-19(33)29-13-15/h1-5,8,15-16,31H,6-7,9-13H2,(H,29,33)(H,30,34). The first-order valence-electron chi connectivity index (χ1n) is 11.1. The van der Waals surface area contributed by atoms with E-state index in [4.69, 9.17) is 0 Å². The molecule has 4 rings (SSSR count). The van der Waals surface area contributed by atoms with Crippen molar-refractivity contribution in [2.75, 3.05) is 29.9 Å². The van der Waals surface area contributed by atoms with Crippen molar-refractivity contribution in [1.29, 1.82) is 0 Å². The zero-order valence-electron chi connectivity index (χ0n) is 18.3. The highest BCUT2D eigenvalue weighted by molar-refractivity contribution is 5.89. The van der Waals surface area contributed by atoms with E-state index in [2.05, 4.69) is 20.9 Å². The summed E-state index contributed by atoms with van der Waals surface area (Å²) >= 11 is 0. The molecule has 1 aromatic carbocycles. The van der Waals surface area contributed by atoms with Gasteiger partial charge in [-0.05, 0) is 36.6 Å². The number of aromatic nitrogens is 1. The number of hydrogen-bond donors (Lipinski definition) is 3. The molecule has 0 spiro atoms. The van der Waals surface area contributed by atoms with E-state index in [1.54, 1.807) is 35.2 Å². The number of pyridine rings is 1. The van der Waals surface area contributed by atoms with Gasteiger partial charge < -0.3 is 20.9 Å². The Bertz CT molecular complexity index is 1040. The number of anilines is 3. The van der Waals surface area contributed by atoms with E-state index >= 15 is 0 Å². The lowest BCUT2D eigenvalue weighted by Gasteiger charge is -2.35. The van der Waals surface area contributed by atoms with Crippen LogP contribution >= 0.6 is 0 Å². The normalized spacial score (nSPS) is 19.1. The van der Waals surface area contributed by atoms with Crippen LogP contribution in [0.2, 0.25) is 0 Å². The first-order valence-corrected chi connectivity index (χ1v) is 11.1. The van der Waals surface area contributed by atoms with Crippen molar-refractivity contribution in [2.24, 2.45) is 11.8 Å². The van der Waals surface area contributed by atoms with Crippen LogP contribution < -0.4 is 20.9 Å². The fourth-order valence-electron chi connectivity index (χ4n) is 4.23. The van der Waals surface area contributed by atoms with Crippen molar-refractivity contribution in [2.45, 2.75) is 32.0 Å². The summed E-state index contributed by atoms with van der Waals surface area (Å²) in [6, 6.07) is 8.56. The minimum atomic E-state index is -4.22. The number of carbonyl (C=O) groups is 2. The van der Waals surface area contributed by atoms with Crippen LogP contribution in [0.3, 0.4) is 0 Å². The number of alkyl halides is 3. The molecule has 7 nitrogen and oxygen atoms in total. The van der Waals surface area contributed by atoms with Gasteiger partial charge in [0.1, 0.15) is 5.69 Å². The molecule has 182 valence electrons. The molecule has 3 heterocycles. The highest BCUT2D eigenvalue weighted by atomic mass is 19.4. The maximum atomic E-state index is 14.6. The molecule has 0 bridgehead atoms. The smallest absolute Gasteiger partial charge is 0.370 e. The van der Waals surface area contributed by atoms with E-state index in [9.17, 15) is 27.2 Å². The average Bonchev–Trinajstić information content (AvgIpc) is 3.25. The molecule has 2 aliphatic heterocycles. The fraction of sp³-hybridized carbons (Fsp3) is 0.435. The molecule has 3 N–H and O–H groups in total. The van der Waals surface area contributed by atoms with Crippen molar-refractivity contribution in [3.63, 3.8) is 0 Å². The van der Waals surface area contributed by atoms with Gasteiger partial charge in [-0.25, -0.2) is 4.98 Å². The van der Waals surface area contributed by atoms with E-state index in [0.29, 0.717) is 17.9 Å². The van der Waals surface area contributed by atoms with E-state index < -0.39 is 18.0 Å². The number of hydrogen-bond acceptors (Lipinski definition) is 5. The Balaban J connectivity index is 1.38. The van der Waals surface area contributed by atoms with E-state index in [0.717, 1.165) is 5.56 Å². The minimum absolute atomic E-state index is 0.0433. The molecule has 1 aromatic heterocycles. The molecule has 1 atom stereocenters. The molecule has 2 amide bonds. The summed E-state index contributed by atoms with van der Waals surface area (Å²) < 4.78 is 53.5. The maximum absolute atomic E-state index is 14.6. The predicted molar refractivity (Wildman–Crippen MR) is 118 cm³/mol. The Morgan fingerprint density at radius 3 is 2.47 bits per heavy atom. The minimum Gasteiger partial charge on any atom is -0.370 e. The molecule has 2 saturated heterocycles. The summed E-state index contributed by atoms with van der Waals surface area (Å²) in [7, 11) is 0. The highest BCUT2D eigenvalue weighted by Gasteiger charge is 2.41. The molecule has 0 radical (unpaired) electrons. The van der Waals surface area contributed by atoms with Gasteiger partial charge in [0.05, 0.1) is 17.5 Å². The summed E-state index contributed by atoms with van der Waals surface area (Å²) in [5.74, 6) is -2.79. The highest BCUT2D eigenvalue weighted by Crippen LogP contribution is 2.38. The summed E-state index contributed by atoms with van der Waals surface area (Å²) in [5.41, 5.74) is 1.95. The van der Waals surface area contributed by atoms with Crippen LogP contribution in [0.4, 0.5) is 34.6 Å². The molecule has 0 aliphatic carbocycles. The van der Waals surface area contributed by atoms with Gasteiger partial charge >= 0.3 is 6.18 Å². The van der Waals surface area contributed by atoms with Crippen molar-refractivity contribution >= 4 is 28.9 Å². The number of nitrogens with zero attached hydrogens (tertiary/aromatic N) is 2. The van der Waals surface area contributed by atoms with Crippen LogP contribution in [0.15, 0.2) is 36.5 Å². The second-order valence-electron chi connectivity index (χ2n) is 8.54. The predicted octanol–water partition coefficient (Wildman–Crippen LogP) is 3.50. The number of rotatable bonds is 6. The lowest BCUT2D eigenvalue weighted by atomic mass is 9.96. The van der Waals surface area contributed by atoms with Crippen LogP contribution in [0, 0.1) is 17.8 Å². The monoisotopic (exact) mass is 479 g/mol. The third-order valence-electron chi connectivity index (χ3n) is 6.22. The zero-order chi connectivity index (χ0) is 24.3. The third kappa shape index (κ3) is 5.57. The molecular weight excluding hydrogens is 454 g/mol. The van der Waals surface area contributed by atoms with Gasteiger partial charge in [0.15, 0.2) is 0 Å². The number of halogens is 4. The quantitative estimate of drug-likeness (QED) is 0.436.